The summed E-state index contributed by atoms with van der Waals surface area (Å²) >= 11 is 0. The highest BCUT2D eigenvalue weighted by atomic mass is 16.5. The Labute approximate surface area is 179 Å². The third kappa shape index (κ3) is 4.25. The van der Waals surface area contributed by atoms with E-state index in [9.17, 15) is 0 Å². The molecule has 4 rings (SSSR count). The van der Waals surface area contributed by atoms with Crippen molar-refractivity contribution in [3.63, 3.8) is 0 Å². The van der Waals surface area contributed by atoms with Crippen LogP contribution in [0.5, 0.6) is 17.2 Å². The fourth-order valence-electron chi connectivity index (χ4n) is 3.11. The molecule has 1 atom stereocenters. The number of aromatic nitrogens is 4. The van der Waals surface area contributed by atoms with Crippen LogP contribution < -0.4 is 25.8 Å². The molecular weight excluding hydrogens is 394 g/mol. The SMILES string of the molecule is COc1ccc(Oc2ccc([C@@H](C)N(C)c3ncc4c(N)nc(N)nc4n3)cc2)cc1. The minimum absolute atomic E-state index is 0.00372. The Kier molecular flexibility index (Phi) is 5.40. The molecule has 0 fully saturated rings. The van der Waals surface area contributed by atoms with E-state index in [1.165, 1.54) is 0 Å². The van der Waals surface area contributed by atoms with E-state index < -0.39 is 0 Å². The molecule has 9 nitrogen and oxygen atoms in total. The van der Waals surface area contributed by atoms with E-state index in [1.807, 2.05) is 60.5 Å². The van der Waals surface area contributed by atoms with E-state index in [0.29, 0.717) is 17.0 Å². The summed E-state index contributed by atoms with van der Waals surface area (Å²) in [5.74, 6) is 3.12. The predicted octanol–water partition coefficient (Wildman–Crippen LogP) is 3.58. The molecule has 0 unspecified atom stereocenters. The molecule has 9 heteroatoms. The highest BCUT2D eigenvalue weighted by Crippen LogP contribution is 2.28. The van der Waals surface area contributed by atoms with Crippen LogP contribution in [0, 0.1) is 0 Å². The summed E-state index contributed by atoms with van der Waals surface area (Å²) in [6.07, 6.45) is 1.61. The van der Waals surface area contributed by atoms with Crippen molar-refractivity contribution in [3.05, 3.63) is 60.3 Å². The Morgan fingerprint density at radius 1 is 0.871 bits per heavy atom. The Morgan fingerprint density at radius 3 is 2.13 bits per heavy atom. The molecule has 4 N–H and O–H groups in total. The van der Waals surface area contributed by atoms with Gasteiger partial charge in [-0.15, -0.1) is 0 Å². The first kappa shape index (κ1) is 20.1. The lowest BCUT2D eigenvalue weighted by Crippen LogP contribution is -2.23. The van der Waals surface area contributed by atoms with Gasteiger partial charge in [0.15, 0.2) is 5.65 Å². The molecule has 2 aromatic carbocycles. The first-order chi connectivity index (χ1) is 14.9. The van der Waals surface area contributed by atoms with Crippen LogP contribution in [0.2, 0.25) is 0 Å². The second kappa shape index (κ2) is 8.31. The number of benzene rings is 2. The fourth-order valence-corrected chi connectivity index (χ4v) is 3.11. The summed E-state index contributed by atoms with van der Waals surface area (Å²) in [4.78, 5) is 19.0. The number of rotatable bonds is 6. The van der Waals surface area contributed by atoms with Crippen LogP contribution in [-0.4, -0.2) is 34.1 Å². The number of fused-ring (bicyclic) bond motifs is 1. The second-order valence-electron chi connectivity index (χ2n) is 7.01. The van der Waals surface area contributed by atoms with Gasteiger partial charge in [-0.2, -0.15) is 15.0 Å². The number of hydrogen-bond acceptors (Lipinski definition) is 9. The van der Waals surface area contributed by atoms with Crippen molar-refractivity contribution in [1.82, 2.24) is 19.9 Å². The van der Waals surface area contributed by atoms with Crippen LogP contribution in [0.3, 0.4) is 0 Å². The molecule has 0 aliphatic rings. The maximum absolute atomic E-state index is 5.90. The zero-order chi connectivity index (χ0) is 22.0. The van der Waals surface area contributed by atoms with Crippen molar-refractivity contribution in [2.45, 2.75) is 13.0 Å². The lowest BCUT2D eigenvalue weighted by molar-refractivity contribution is 0.413. The van der Waals surface area contributed by atoms with Crippen molar-refractivity contribution in [1.29, 1.82) is 0 Å². The smallest absolute Gasteiger partial charge is 0.227 e. The summed E-state index contributed by atoms with van der Waals surface area (Å²) in [5.41, 5.74) is 13.1. The first-order valence-corrected chi connectivity index (χ1v) is 9.65. The number of nitrogens with two attached hydrogens (primary N) is 2. The van der Waals surface area contributed by atoms with Gasteiger partial charge in [-0.3, -0.25) is 0 Å². The number of nitrogens with zero attached hydrogens (tertiary/aromatic N) is 5. The minimum atomic E-state index is 0.00372. The average molecular weight is 417 g/mol. The van der Waals surface area contributed by atoms with Crippen LogP contribution >= 0.6 is 0 Å². The van der Waals surface area contributed by atoms with E-state index in [1.54, 1.807) is 13.3 Å². The molecule has 2 aromatic heterocycles. The van der Waals surface area contributed by atoms with Crippen LogP contribution in [-0.2, 0) is 0 Å². The fraction of sp³-hybridized carbons (Fsp3) is 0.182. The maximum atomic E-state index is 5.90. The second-order valence-corrected chi connectivity index (χ2v) is 7.01. The van der Waals surface area contributed by atoms with Gasteiger partial charge in [-0.25, -0.2) is 4.98 Å². The predicted molar refractivity (Wildman–Crippen MR) is 120 cm³/mol. The monoisotopic (exact) mass is 417 g/mol. The van der Waals surface area contributed by atoms with Gasteiger partial charge in [0.05, 0.1) is 18.5 Å². The third-order valence-electron chi connectivity index (χ3n) is 5.04. The van der Waals surface area contributed by atoms with Crippen LogP contribution in [0.15, 0.2) is 54.7 Å². The third-order valence-corrected chi connectivity index (χ3v) is 5.04. The first-order valence-electron chi connectivity index (χ1n) is 9.65. The lowest BCUT2D eigenvalue weighted by atomic mass is 10.1. The molecular formula is C22H23N7O2. The molecule has 31 heavy (non-hydrogen) atoms. The molecule has 0 radical (unpaired) electrons. The molecule has 158 valence electrons. The Morgan fingerprint density at radius 2 is 1.48 bits per heavy atom. The van der Waals surface area contributed by atoms with Gasteiger partial charge in [0, 0.05) is 13.2 Å². The number of anilines is 3. The van der Waals surface area contributed by atoms with E-state index in [-0.39, 0.29) is 17.8 Å². The van der Waals surface area contributed by atoms with Crippen molar-refractivity contribution >= 4 is 28.7 Å². The average Bonchev–Trinajstić information content (AvgIpc) is 2.78. The molecule has 4 aromatic rings. The minimum Gasteiger partial charge on any atom is -0.497 e. The number of methoxy groups -OCH3 is 1. The quantitative estimate of drug-likeness (QED) is 0.484. The van der Waals surface area contributed by atoms with E-state index in [0.717, 1.165) is 22.8 Å². The van der Waals surface area contributed by atoms with Gasteiger partial charge in [0.25, 0.3) is 0 Å². The van der Waals surface area contributed by atoms with E-state index in [2.05, 4.69) is 26.9 Å². The molecule has 0 saturated heterocycles. The van der Waals surface area contributed by atoms with Gasteiger partial charge >= 0.3 is 0 Å². The zero-order valence-corrected chi connectivity index (χ0v) is 17.5. The normalized spacial score (nSPS) is 11.8. The summed E-state index contributed by atoms with van der Waals surface area (Å²) in [6, 6.07) is 15.3. The van der Waals surface area contributed by atoms with Gasteiger partial charge < -0.3 is 25.8 Å². The standard InChI is InChI=1S/C22H23N7O2/c1-13(29(2)22-25-12-18-19(23)26-21(24)27-20(18)28-22)14-4-6-16(7-5-14)31-17-10-8-15(30-3)9-11-17/h4-13H,1-3H3,(H4,23,24,25,26,27,28)/t13-/m1/s1. The van der Waals surface area contributed by atoms with Crippen molar-refractivity contribution in [2.75, 3.05) is 30.5 Å². The zero-order valence-electron chi connectivity index (χ0n) is 17.5. The van der Waals surface area contributed by atoms with Crippen LogP contribution in [0.1, 0.15) is 18.5 Å². The summed E-state index contributed by atoms with van der Waals surface area (Å²) in [5, 5.41) is 0.569. The molecule has 0 spiro atoms. The topological polar surface area (TPSA) is 125 Å². The van der Waals surface area contributed by atoms with Gasteiger partial charge in [0.1, 0.15) is 23.1 Å². The van der Waals surface area contributed by atoms with E-state index >= 15 is 0 Å². The van der Waals surface area contributed by atoms with Crippen molar-refractivity contribution in [2.24, 2.45) is 0 Å². The Hall–Kier alpha value is -4.14. The van der Waals surface area contributed by atoms with E-state index in [4.69, 9.17) is 20.9 Å². The summed E-state index contributed by atoms with van der Waals surface area (Å²) in [7, 11) is 3.55. The van der Waals surface area contributed by atoms with Crippen molar-refractivity contribution in [3.8, 4) is 17.2 Å². The number of ether oxygens (including phenoxy) is 2. The molecule has 0 bridgehead atoms. The molecule has 0 amide bonds. The largest absolute Gasteiger partial charge is 0.497 e. The molecule has 0 aliphatic carbocycles. The maximum Gasteiger partial charge on any atom is 0.227 e. The van der Waals surface area contributed by atoms with Crippen LogP contribution in [0.25, 0.3) is 11.0 Å². The van der Waals surface area contributed by atoms with Crippen molar-refractivity contribution < 1.29 is 9.47 Å². The molecule has 2 heterocycles. The summed E-state index contributed by atoms with van der Waals surface area (Å²) in [6.45, 7) is 2.07. The molecule has 0 saturated carbocycles. The van der Waals surface area contributed by atoms with Gasteiger partial charge in [0.2, 0.25) is 11.9 Å². The number of hydrogen-bond donors (Lipinski definition) is 2. The number of nitrogen functional groups attached to an aromatic ring is 2. The highest BCUT2D eigenvalue weighted by Gasteiger charge is 2.16. The Bertz CT molecular complexity index is 1200. The lowest BCUT2D eigenvalue weighted by Gasteiger charge is -2.25. The Balaban J connectivity index is 1.50. The summed E-state index contributed by atoms with van der Waals surface area (Å²) < 4.78 is 11.1. The highest BCUT2D eigenvalue weighted by molar-refractivity contribution is 5.85. The molecule has 0 aliphatic heterocycles. The van der Waals surface area contributed by atoms with Crippen LogP contribution in [0.4, 0.5) is 17.7 Å². The van der Waals surface area contributed by atoms with Gasteiger partial charge in [-0.1, -0.05) is 12.1 Å². The van der Waals surface area contributed by atoms with Gasteiger partial charge in [-0.05, 0) is 48.9 Å².